The van der Waals surface area contributed by atoms with E-state index in [1.807, 2.05) is 18.6 Å². The minimum absolute atomic E-state index is 0.431. The summed E-state index contributed by atoms with van der Waals surface area (Å²) in [5.74, 6) is 3.15. The monoisotopic (exact) mass is 361 g/mol. The van der Waals surface area contributed by atoms with Crippen molar-refractivity contribution in [3.63, 3.8) is 0 Å². The maximum absolute atomic E-state index is 4.89. The topological polar surface area (TPSA) is 46.8 Å². The number of hydrogen-bond acceptors (Lipinski definition) is 4. The van der Waals surface area contributed by atoms with Crippen LogP contribution in [0, 0.1) is 0 Å². The molecule has 0 radical (unpaired) electrons. The Morgan fingerprint density at radius 3 is 2.78 bits per heavy atom. The van der Waals surface area contributed by atoms with Crippen molar-refractivity contribution in [1.29, 1.82) is 0 Å². The molecule has 1 aliphatic rings. The number of piperidine rings is 1. The Morgan fingerprint density at radius 1 is 1.11 bits per heavy atom. The fourth-order valence-corrected chi connectivity index (χ4v) is 3.83. The van der Waals surface area contributed by atoms with Crippen molar-refractivity contribution in [2.45, 2.75) is 45.1 Å². The van der Waals surface area contributed by atoms with Crippen LogP contribution in [0.15, 0.2) is 55.1 Å². The first kappa shape index (κ1) is 17.7. The third-order valence-corrected chi connectivity index (χ3v) is 5.31. The van der Waals surface area contributed by atoms with Crippen LogP contribution in [-0.4, -0.2) is 32.6 Å². The number of pyridine rings is 2. The molecule has 3 aromatic heterocycles. The smallest absolute Gasteiger partial charge is 0.128 e. The van der Waals surface area contributed by atoms with Gasteiger partial charge >= 0.3 is 0 Å². The molecule has 1 unspecified atom stereocenters. The summed E-state index contributed by atoms with van der Waals surface area (Å²) < 4.78 is 2.28. The van der Waals surface area contributed by atoms with Crippen LogP contribution in [0.5, 0.6) is 0 Å². The van der Waals surface area contributed by atoms with E-state index in [1.54, 1.807) is 0 Å². The molecule has 5 nitrogen and oxygen atoms in total. The fraction of sp³-hybridized carbons (Fsp3) is 0.409. The normalized spacial score (nSPS) is 17.4. The van der Waals surface area contributed by atoms with Gasteiger partial charge in [0.25, 0.3) is 0 Å². The van der Waals surface area contributed by atoms with Crippen molar-refractivity contribution in [3.05, 3.63) is 72.2 Å². The highest BCUT2D eigenvalue weighted by atomic mass is 15.2. The van der Waals surface area contributed by atoms with E-state index in [9.17, 15) is 0 Å². The maximum atomic E-state index is 4.89. The molecule has 4 rings (SSSR count). The molecule has 1 atom stereocenters. The lowest BCUT2D eigenvalue weighted by Gasteiger charge is -2.33. The highest BCUT2D eigenvalue weighted by Crippen LogP contribution is 2.29. The van der Waals surface area contributed by atoms with Gasteiger partial charge in [0.15, 0.2) is 0 Å². The van der Waals surface area contributed by atoms with Crippen molar-refractivity contribution in [2.75, 3.05) is 18.0 Å². The van der Waals surface area contributed by atoms with Gasteiger partial charge in [0.05, 0.1) is 0 Å². The number of hydrogen-bond donors (Lipinski definition) is 0. The standard InChI is InChI=1S/C22H27N5/c1-17(2)20-6-3-7-21(25-20)26-13-4-5-19(16-26)22-24-12-14-27(22)15-18-8-10-23-11-9-18/h3,6-12,14,17,19H,4-5,13,15-16H2,1-2H3. The predicted molar refractivity (Wildman–Crippen MR) is 108 cm³/mol. The van der Waals surface area contributed by atoms with Crippen LogP contribution in [0.1, 0.15) is 55.6 Å². The van der Waals surface area contributed by atoms with Crippen molar-refractivity contribution >= 4 is 5.82 Å². The molecule has 1 aliphatic heterocycles. The van der Waals surface area contributed by atoms with Gasteiger partial charge < -0.3 is 9.47 Å². The van der Waals surface area contributed by atoms with Crippen molar-refractivity contribution in [1.82, 2.24) is 19.5 Å². The van der Waals surface area contributed by atoms with Gasteiger partial charge in [0.2, 0.25) is 0 Å². The summed E-state index contributed by atoms with van der Waals surface area (Å²) in [4.78, 5) is 16.1. The third kappa shape index (κ3) is 4.02. The fourth-order valence-electron chi connectivity index (χ4n) is 3.83. The van der Waals surface area contributed by atoms with Gasteiger partial charge in [0.1, 0.15) is 11.6 Å². The molecule has 5 heteroatoms. The zero-order valence-electron chi connectivity index (χ0n) is 16.1. The van der Waals surface area contributed by atoms with Crippen LogP contribution in [-0.2, 0) is 6.54 Å². The van der Waals surface area contributed by atoms with E-state index in [4.69, 9.17) is 9.97 Å². The molecule has 3 aromatic rings. The second kappa shape index (κ2) is 7.91. The molecule has 4 heterocycles. The summed E-state index contributed by atoms with van der Waals surface area (Å²) in [5, 5.41) is 0. The quantitative estimate of drug-likeness (QED) is 0.682. The first-order chi connectivity index (χ1) is 13.2. The summed E-state index contributed by atoms with van der Waals surface area (Å²) in [6, 6.07) is 10.5. The minimum Gasteiger partial charge on any atom is -0.356 e. The van der Waals surface area contributed by atoms with Crippen LogP contribution in [0.4, 0.5) is 5.82 Å². The summed E-state index contributed by atoms with van der Waals surface area (Å²) in [7, 11) is 0. The molecule has 0 amide bonds. The molecule has 140 valence electrons. The number of imidazole rings is 1. The summed E-state index contributed by atoms with van der Waals surface area (Å²) in [6.45, 7) is 7.27. The highest BCUT2D eigenvalue weighted by Gasteiger charge is 2.25. The van der Waals surface area contributed by atoms with E-state index in [2.05, 4.69) is 64.8 Å². The Labute approximate surface area is 161 Å². The van der Waals surface area contributed by atoms with Crippen LogP contribution < -0.4 is 4.90 Å². The Morgan fingerprint density at radius 2 is 1.96 bits per heavy atom. The molecule has 0 spiro atoms. The molecular weight excluding hydrogens is 334 g/mol. The van der Waals surface area contributed by atoms with E-state index >= 15 is 0 Å². The van der Waals surface area contributed by atoms with E-state index in [-0.39, 0.29) is 0 Å². The second-order valence-electron chi connectivity index (χ2n) is 7.63. The Kier molecular flexibility index (Phi) is 5.19. The van der Waals surface area contributed by atoms with Crippen molar-refractivity contribution < 1.29 is 0 Å². The summed E-state index contributed by atoms with van der Waals surface area (Å²) >= 11 is 0. The molecule has 0 bridgehead atoms. The molecule has 0 N–H and O–H groups in total. The maximum Gasteiger partial charge on any atom is 0.128 e. The Bertz CT molecular complexity index is 871. The van der Waals surface area contributed by atoms with Gasteiger partial charge in [0, 0.05) is 56.0 Å². The number of rotatable bonds is 5. The largest absolute Gasteiger partial charge is 0.356 e. The summed E-state index contributed by atoms with van der Waals surface area (Å²) in [6.07, 6.45) is 10.1. The zero-order chi connectivity index (χ0) is 18.6. The second-order valence-corrected chi connectivity index (χ2v) is 7.63. The van der Waals surface area contributed by atoms with E-state index < -0.39 is 0 Å². The van der Waals surface area contributed by atoms with Gasteiger partial charge in [-0.25, -0.2) is 9.97 Å². The minimum atomic E-state index is 0.431. The third-order valence-electron chi connectivity index (χ3n) is 5.31. The van der Waals surface area contributed by atoms with Gasteiger partial charge in [-0.1, -0.05) is 19.9 Å². The zero-order valence-corrected chi connectivity index (χ0v) is 16.1. The van der Waals surface area contributed by atoms with Gasteiger partial charge in [-0.15, -0.1) is 0 Å². The van der Waals surface area contributed by atoms with Gasteiger partial charge in [-0.05, 0) is 48.6 Å². The molecule has 1 fully saturated rings. The molecule has 1 saturated heterocycles. The van der Waals surface area contributed by atoms with Gasteiger partial charge in [-0.2, -0.15) is 0 Å². The van der Waals surface area contributed by atoms with E-state index in [1.165, 1.54) is 24.2 Å². The van der Waals surface area contributed by atoms with Crippen LogP contribution in [0.3, 0.4) is 0 Å². The molecule has 0 aromatic carbocycles. The molecular formula is C22H27N5. The molecule has 0 saturated carbocycles. The van der Waals surface area contributed by atoms with Crippen LogP contribution in [0.2, 0.25) is 0 Å². The number of anilines is 1. The van der Waals surface area contributed by atoms with E-state index in [0.29, 0.717) is 11.8 Å². The lowest BCUT2D eigenvalue weighted by molar-refractivity contribution is 0.473. The van der Waals surface area contributed by atoms with Gasteiger partial charge in [-0.3, -0.25) is 4.98 Å². The van der Waals surface area contributed by atoms with Crippen molar-refractivity contribution in [2.24, 2.45) is 0 Å². The van der Waals surface area contributed by atoms with E-state index in [0.717, 1.165) is 31.1 Å². The Hall–Kier alpha value is -2.69. The number of aromatic nitrogens is 4. The highest BCUT2D eigenvalue weighted by molar-refractivity contribution is 5.41. The SMILES string of the molecule is CC(C)c1cccc(N2CCCC(c3nccn3Cc3ccncc3)C2)n1. The average Bonchev–Trinajstić information content (AvgIpc) is 3.17. The Balaban J connectivity index is 1.52. The average molecular weight is 361 g/mol. The lowest BCUT2D eigenvalue weighted by atomic mass is 9.97. The lowest BCUT2D eigenvalue weighted by Crippen LogP contribution is -2.36. The van der Waals surface area contributed by atoms with Crippen molar-refractivity contribution in [3.8, 4) is 0 Å². The van der Waals surface area contributed by atoms with Crippen LogP contribution >= 0.6 is 0 Å². The molecule has 0 aliphatic carbocycles. The summed E-state index contributed by atoms with van der Waals surface area (Å²) in [5.41, 5.74) is 2.41. The first-order valence-corrected chi connectivity index (χ1v) is 9.82. The van der Waals surface area contributed by atoms with Crippen LogP contribution in [0.25, 0.3) is 0 Å². The predicted octanol–water partition coefficient (Wildman–Crippen LogP) is 4.23. The number of nitrogens with zero attached hydrogens (tertiary/aromatic N) is 5. The molecule has 27 heavy (non-hydrogen) atoms. The first-order valence-electron chi connectivity index (χ1n) is 9.82.